The van der Waals surface area contributed by atoms with Gasteiger partial charge < -0.3 is 16.0 Å². The van der Waals surface area contributed by atoms with E-state index in [4.69, 9.17) is 5.73 Å². The van der Waals surface area contributed by atoms with E-state index >= 15 is 0 Å². The second kappa shape index (κ2) is 7.51. The third kappa shape index (κ3) is 3.92. The fraction of sp³-hybridized carbons (Fsp3) is 0.526. The molecule has 1 aromatic rings. The second-order valence-corrected chi connectivity index (χ2v) is 10.1. The predicted molar refractivity (Wildman–Crippen MR) is 104 cm³/mol. The molecule has 0 aromatic heterocycles. The lowest BCUT2D eigenvalue weighted by atomic mass is 10.0. The highest BCUT2D eigenvalue weighted by atomic mass is 32.2. The van der Waals surface area contributed by atoms with Crippen LogP contribution in [0.25, 0.3) is 0 Å². The summed E-state index contributed by atoms with van der Waals surface area (Å²) in [5.41, 5.74) is 8.18. The lowest BCUT2D eigenvalue weighted by Crippen LogP contribution is -2.53. The SMILES string of the molecule is N[C@@H]1CCS(=O)(=O)C[C@H]1NCc1cccc2c1C(=O)N(C1CCC(=O)NC1=O)C2. The van der Waals surface area contributed by atoms with E-state index in [-0.39, 0.29) is 41.8 Å². The normalized spacial score (nSPS) is 28.9. The van der Waals surface area contributed by atoms with Gasteiger partial charge in [0.1, 0.15) is 6.04 Å². The van der Waals surface area contributed by atoms with Crippen molar-refractivity contribution in [3.05, 3.63) is 34.9 Å². The highest BCUT2D eigenvalue weighted by Gasteiger charge is 2.40. The van der Waals surface area contributed by atoms with Crippen molar-refractivity contribution in [2.75, 3.05) is 11.5 Å². The molecule has 29 heavy (non-hydrogen) atoms. The minimum atomic E-state index is -3.12. The summed E-state index contributed by atoms with van der Waals surface area (Å²) in [6.45, 7) is 0.623. The Morgan fingerprint density at radius 1 is 1.21 bits per heavy atom. The number of nitrogens with zero attached hydrogens (tertiary/aromatic N) is 1. The first-order valence-electron chi connectivity index (χ1n) is 9.70. The number of amides is 3. The zero-order valence-corrected chi connectivity index (χ0v) is 16.7. The van der Waals surface area contributed by atoms with E-state index in [1.807, 2.05) is 18.2 Å². The summed E-state index contributed by atoms with van der Waals surface area (Å²) in [6.07, 6.45) is 0.931. The van der Waals surface area contributed by atoms with Crippen LogP contribution >= 0.6 is 0 Å². The number of hydrogen-bond donors (Lipinski definition) is 3. The Hall–Kier alpha value is -2.30. The molecule has 9 nitrogen and oxygen atoms in total. The first kappa shape index (κ1) is 20.0. The molecule has 3 heterocycles. The maximum Gasteiger partial charge on any atom is 0.255 e. The van der Waals surface area contributed by atoms with Crippen molar-refractivity contribution in [2.45, 2.75) is 50.5 Å². The van der Waals surface area contributed by atoms with E-state index in [1.54, 1.807) is 0 Å². The van der Waals surface area contributed by atoms with Gasteiger partial charge in [0, 0.05) is 37.2 Å². The lowest BCUT2D eigenvalue weighted by Gasteiger charge is -2.30. The van der Waals surface area contributed by atoms with E-state index < -0.39 is 21.8 Å². The van der Waals surface area contributed by atoms with Crippen LogP contribution in [0.15, 0.2) is 18.2 Å². The molecule has 4 N–H and O–H groups in total. The van der Waals surface area contributed by atoms with Crippen molar-refractivity contribution in [2.24, 2.45) is 5.73 Å². The molecule has 0 spiro atoms. The number of carbonyl (C=O) groups is 3. The van der Waals surface area contributed by atoms with Crippen LogP contribution in [-0.4, -0.2) is 60.7 Å². The van der Waals surface area contributed by atoms with Crippen LogP contribution in [0.2, 0.25) is 0 Å². The van der Waals surface area contributed by atoms with E-state index in [0.29, 0.717) is 31.5 Å². The van der Waals surface area contributed by atoms with Gasteiger partial charge in [-0.25, -0.2) is 8.42 Å². The highest BCUT2D eigenvalue weighted by Crippen LogP contribution is 2.30. The number of sulfone groups is 1. The predicted octanol–water partition coefficient (Wildman–Crippen LogP) is -0.948. The molecule has 0 saturated carbocycles. The number of fused-ring (bicyclic) bond motifs is 1. The molecule has 0 aliphatic carbocycles. The minimum absolute atomic E-state index is 0.0143. The van der Waals surface area contributed by atoms with E-state index in [9.17, 15) is 22.8 Å². The van der Waals surface area contributed by atoms with Crippen LogP contribution < -0.4 is 16.4 Å². The molecular weight excluding hydrogens is 396 g/mol. The standard InChI is InChI=1S/C19H24N4O5S/c20-13-6-7-29(27,28)10-14(13)21-8-11-2-1-3-12-9-23(19(26)17(11)12)15-4-5-16(24)22-18(15)25/h1-3,13-15,21H,4-10,20H2,(H,22,24,25)/t13-,14-,15?/m1/s1. The Morgan fingerprint density at radius 2 is 2.00 bits per heavy atom. The Balaban J connectivity index is 1.50. The average molecular weight is 420 g/mol. The number of carbonyl (C=O) groups excluding carboxylic acids is 3. The Kier molecular flexibility index (Phi) is 5.18. The lowest BCUT2D eigenvalue weighted by molar-refractivity contribution is -0.136. The number of piperidine rings is 1. The average Bonchev–Trinajstić information content (AvgIpc) is 3.00. The molecule has 2 saturated heterocycles. The molecule has 1 aromatic carbocycles. The second-order valence-electron chi connectivity index (χ2n) is 7.91. The van der Waals surface area contributed by atoms with E-state index in [0.717, 1.165) is 11.1 Å². The molecule has 156 valence electrons. The Labute approximate surface area is 168 Å². The Morgan fingerprint density at radius 3 is 2.76 bits per heavy atom. The molecule has 0 bridgehead atoms. The van der Waals surface area contributed by atoms with Gasteiger partial charge in [-0.2, -0.15) is 0 Å². The molecule has 3 atom stereocenters. The van der Waals surface area contributed by atoms with Gasteiger partial charge in [-0.1, -0.05) is 18.2 Å². The van der Waals surface area contributed by atoms with Crippen LogP contribution in [0, 0.1) is 0 Å². The quantitative estimate of drug-likeness (QED) is 0.534. The molecule has 4 rings (SSSR count). The van der Waals surface area contributed by atoms with Gasteiger partial charge in [-0.3, -0.25) is 19.7 Å². The summed E-state index contributed by atoms with van der Waals surface area (Å²) < 4.78 is 23.8. The molecule has 2 fully saturated rings. The summed E-state index contributed by atoms with van der Waals surface area (Å²) in [6, 6.07) is 4.22. The molecule has 3 aliphatic rings. The smallest absolute Gasteiger partial charge is 0.255 e. The molecule has 3 aliphatic heterocycles. The van der Waals surface area contributed by atoms with Crippen molar-refractivity contribution in [3.63, 3.8) is 0 Å². The fourth-order valence-corrected chi connectivity index (χ4v) is 6.00. The van der Waals surface area contributed by atoms with E-state index in [1.165, 1.54) is 4.90 Å². The third-order valence-electron chi connectivity index (χ3n) is 5.91. The van der Waals surface area contributed by atoms with E-state index in [2.05, 4.69) is 10.6 Å². The van der Waals surface area contributed by atoms with Crippen LogP contribution in [0.3, 0.4) is 0 Å². The molecule has 10 heteroatoms. The number of imide groups is 1. The van der Waals surface area contributed by atoms with Gasteiger partial charge >= 0.3 is 0 Å². The number of nitrogens with two attached hydrogens (primary N) is 1. The molecule has 3 amide bonds. The van der Waals surface area contributed by atoms with Crippen molar-refractivity contribution in [1.29, 1.82) is 0 Å². The highest BCUT2D eigenvalue weighted by molar-refractivity contribution is 7.91. The zero-order valence-electron chi connectivity index (χ0n) is 15.9. The first-order valence-corrected chi connectivity index (χ1v) is 11.5. The van der Waals surface area contributed by atoms with Gasteiger partial charge in [0.05, 0.1) is 11.5 Å². The van der Waals surface area contributed by atoms with Crippen LogP contribution in [0.1, 0.15) is 40.7 Å². The van der Waals surface area contributed by atoms with Crippen LogP contribution in [-0.2, 0) is 32.5 Å². The topological polar surface area (TPSA) is 139 Å². The molecule has 1 unspecified atom stereocenters. The largest absolute Gasteiger partial charge is 0.326 e. The van der Waals surface area contributed by atoms with Crippen molar-refractivity contribution in [3.8, 4) is 0 Å². The minimum Gasteiger partial charge on any atom is -0.326 e. The summed E-state index contributed by atoms with van der Waals surface area (Å²) in [7, 11) is -3.12. The van der Waals surface area contributed by atoms with Gasteiger partial charge in [0.25, 0.3) is 5.91 Å². The maximum atomic E-state index is 13.1. The van der Waals surface area contributed by atoms with Gasteiger partial charge in [0.15, 0.2) is 9.84 Å². The number of nitrogens with one attached hydrogen (secondary N) is 2. The van der Waals surface area contributed by atoms with Crippen molar-refractivity contribution in [1.82, 2.24) is 15.5 Å². The van der Waals surface area contributed by atoms with Crippen molar-refractivity contribution >= 4 is 27.6 Å². The van der Waals surface area contributed by atoms with Gasteiger partial charge in [0.2, 0.25) is 11.8 Å². The fourth-order valence-electron chi connectivity index (χ4n) is 4.29. The van der Waals surface area contributed by atoms with Crippen molar-refractivity contribution < 1.29 is 22.8 Å². The monoisotopic (exact) mass is 420 g/mol. The van der Waals surface area contributed by atoms with Crippen LogP contribution in [0.5, 0.6) is 0 Å². The Bertz CT molecular complexity index is 977. The summed E-state index contributed by atoms with van der Waals surface area (Å²) in [5.74, 6) is -0.918. The first-order chi connectivity index (χ1) is 13.7. The third-order valence-corrected chi connectivity index (χ3v) is 7.63. The van der Waals surface area contributed by atoms with Gasteiger partial charge in [-0.15, -0.1) is 0 Å². The molecular formula is C19H24N4O5S. The summed E-state index contributed by atoms with van der Waals surface area (Å²) in [5, 5.41) is 5.50. The molecule has 0 radical (unpaired) electrons. The van der Waals surface area contributed by atoms with Gasteiger partial charge in [-0.05, 0) is 24.0 Å². The number of rotatable bonds is 4. The summed E-state index contributed by atoms with van der Waals surface area (Å²) >= 11 is 0. The van der Waals surface area contributed by atoms with Crippen LogP contribution in [0.4, 0.5) is 0 Å². The zero-order chi connectivity index (χ0) is 20.8. The number of hydrogen-bond acceptors (Lipinski definition) is 7. The number of benzene rings is 1. The maximum absolute atomic E-state index is 13.1. The summed E-state index contributed by atoms with van der Waals surface area (Å²) in [4.78, 5) is 38.2.